The van der Waals surface area contributed by atoms with Crippen LogP contribution in [0.2, 0.25) is 0 Å². The van der Waals surface area contributed by atoms with Crippen LogP contribution < -0.4 is 0 Å². The van der Waals surface area contributed by atoms with Crippen LogP contribution in [0.4, 0.5) is 5.69 Å². The van der Waals surface area contributed by atoms with Crippen molar-refractivity contribution in [3.8, 4) is 0 Å². The second-order valence-corrected chi connectivity index (χ2v) is 7.57. The highest BCUT2D eigenvalue weighted by Crippen LogP contribution is 2.19. The number of esters is 1. The summed E-state index contributed by atoms with van der Waals surface area (Å²) in [4.78, 5) is 26.9. The molecule has 0 atom stereocenters. The zero-order chi connectivity index (χ0) is 18.6. The Morgan fingerprint density at radius 3 is 2.32 bits per heavy atom. The van der Waals surface area contributed by atoms with Crippen molar-refractivity contribution in [2.75, 3.05) is 32.7 Å². The lowest BCUT2D eigenvalue weighted by molar-refractivity contribution is -0.385. The molecule has 0 N–H and O–H groups in total. The highest BCUT2D eigenvalue weighted by Gasteiger charge is 2.22. The summed E-state index contributed by atoms with van der Waals surface area (Å²) in [6, 6.07) is 5.21. The fourth-order valence-electron chi connectivity index (χ4n) is 2.96. The van der Waals surface area contributed by atoms with Gasteiger partial charge in [0.25, 0.3) is 5.69 Å². The summed E-state index contributed by atoms with van der Waals surface area (Å²) >= 11 is 0. The minimum Gasteiger partial charge on any atom is -0.459 e. The van der Waals surface area contributed by atoms with Gasteiger partial charge < -0.3 is 4.74 Å². The van der Waals surface area contributed by atoms with Crippen LogP contribution in [0.15, 0.2) is 18.2 Å². The smallest absolute Gasteiger partial charge is 0.320 e. The molecule has 0 saturated carbocycles. The number of carbonyl (C=O) groups is 1. The van der Waals surface area contributed by atoms with Crippen molar-refractivity contribution < 1.29 is 14.5 Å². The lowest BCUT2D eigenvalue weighted by Gasteiger charge is -2.34. The maximum Gasteiger partial charge on any atom is 0.320 e. The Kier molecular flexibility index (Phi) is 6.13. The normalized spacial score (nSPS) is 16.6. The highest BCUT2D eigenvalue weighted by molar-refractivity contribution is 5.72. The molecule has 0 amide bonds. The molecular weight excluding hydrogens is 322 g/mol. The highest BCUT2D eigenvalue weighted by atomic mass is 16.6. The maximum atomic E-state index is 11.9. The van der Waals surface area contributed by atoms with Gasteiger partial charge in [-0.3, -0.25) is 24.7 Å². The number of nitrogens with zero attached hydrogens (tertiary/aromatic N) is 3. The van der Waals surface area contributed by atoms with Gasteiger partial charge in [-0.15, -0.1) is 0 Å². The van der Waals surface area contributed by atoms with Crippen molar-refractivity contribution >= 4 is 11.7 Å². The van der Waals surface area contributed by atoms with Crippen LogP contribution in [-0.2, 0) is 16.1 Å². The van der Waals surface area contributed by atoms with Crippen molar-refractivity contribution in [1.29, 1.82) is 0 Å². The second-order valence-electron chi connectivity index (χ2n) is 7.57. The van der Waals surface area contributed by atoms with E-state index in [4.69, 9.17) is 4.74 Å². The minimum atomic E-state index is -0.460. The average molecular weight is 349 g/mol. The Morgan fingerprint density at radius 2 is 1.76 bits per heavy atom. The zero-order valence-electron chi connectivity index (χ0n) is 15.4. The molecule has 1 fully saturated rings. The summed E-state index contributed by atoms with van der Waals surface area (Å²) in [6.45, 7) is 11.7. The first-order valence-corrected chi connectivity index (χ1v) is 8.54. The fourth-order valence-corrected chi connectivity index (χ4v) is 2.96. The van der Waals surface area contributed by atoms with Crippen LogP contribution in [0.25, 0.3) is 0 Å². The summed E-state index contributed by atoms with van der Waals surface area (Å²) in [5.41, 5.74) is 1.53. The molecule has 0 radical (unpaired) electrons. The van der Waals surface area contributed by atoms with E-state index in [0.29, 0.717) is 13.1 Å². The fraction of sp³-hybridized carbons (Fsp3) is 0.611. The molecule has 1 aliphatic heterocycles. The Labute approximate surface area is 148 Å². The monoisotopic (exact) mass is 349 g/mol. The van der Waals surface area contributed by atoms with Gasteiger partial charge in [-0.05, 0) is 38.8 Å². The summed E-state index contributed by atoms with van der Waals surface area (Å²) in [6.07, 6.45) is 0. The van der Waals surface area contributed by atoms with Crippen molar-refractivity contribution in [3.05, 3.63) is 39.4 Å². The molecule has 1 heterocycles. The van der Waals surface area contributed by atoms with Crippen molar-refractivity contribution in [2.24, 2.45) is 0 Å². The van der Waals surface area contributed by atoms with Crippen LogP contribution in [-0.4, -0.2) is 59.0 Å². The van der Waals surface area contributed by atoms with Crippen molar-refractivity contribution in [2.45, 2.75) is 39.8 Å². The summed E-state index contributed by atoms with van der Waals surface area (Å²) < 4.78 is 5.35. The predicted molar refractivity (Wildman–Crippen MR) is 95.4 cm³/mol. The van der Waals surface area contributed by atoms with E-state index in [0.717, 1.165) is 37.3 Å². The molecule has 0 unspecified atom stereocenters. The molecule has 7 nitrogen and oxygen atoms in total. The lowest BCUT2D eigenvalue weighted by atomic mass is 10.1. The molecule has 0 aromatic heterocycles. The lowest BCUT2D eigenvalue weighted by Crippen LogP contribution is -2.48. The number of benzene rings is 1. The van der Waals surface area contributed by atoms with E-state index in [1.807, 2.05) is 33.8 Å². The van der Waals surface area contributed by atoms with Gasteiger partial charge in [-0.2, -0.15) is 0 Å². The third-order valence-electron chi connectivity index (χ3n) is 3.98. The maximum absolute atomic E-state index is 11.9. The first-order valence-electron chi connectivity index (χ1n) is 8.54. The van der Waals surface area contributed by atoms with Gasteiger partial charge in [0.15, 0.2) is 0 Å². The first kappa shape index (κ1) is 19.3. The van der Waals surface area contributed by atoms with E-state index >= 15 is 0 Å². The van der Waals surface area contributed by atoms with E-state index in [-0.39, 0.29) is 16.6 Å². The number of nitro benzene ring substituents is 1. The molecule has 1 aromatic carbocycles. The predicted octanol–water partition coefficient (Wildman–Crippen LogP) is 2.36. The van der Waals surface area contributed by atoms with Crippen LogP contribution >= 0.6 is 0 Å². The standard InChI is InChI=1S/C18H27N3O4/c1-14-9-15(11-16(10-14)21(23)24)12-19-5-7-20(8-6-19)13-17(22)25-18(2,3)4/h9-11H,5-8,12-13H2,1-4H3. The zero-order valence-corrected chi connectivity index (χ0v) is 15.4. The number of nitro groups is 1. The number of carbonyl (C=O) groups excluding carboxylic acids is 1. The summed E-state index contributed by atoms with van der Waals surface area (Å²) in [5.74, 6) is -0.199. The Bertz CT molecular complexity index is 632. The average Bonchev–Trinajstić information content (AvgIpc) is 2.46. The molecule has 0 bridgehead atoms. The number of aryl methyl sites for hydroxylation is 1. The molecule has 7 heteroatoms. The van der Waals surface area contributed by atoms with E-state index < -0.39 is 5.60 Å². The molecule has 1 saturated heterocycles. The van der Waals surface area contributed by atoms with Gasteiger partial charge in [0.2, 0.25) is 0 Å². The molecule has 1 aliphatic rings. The van der Waals surface area contributed by atoms with Gasteiger partial charge in [0.1, 0.15) is 5.60 Å². The van der Waals surface area contributed by atoms with Crippen molar-refractivity contribution in [3.63, 3.8) is 0 Å². The van der Waals surface area contributed by atoms with E-state index in [9.17, 15) is 14.9 Å². The largest absolute Gasteiger partial charge is 0.459 e. The summed E-state index contributed by atoms with van der Waals surface area (Å²) in [7, 11) is 0. The Balaban J connectivity index is 1.85. The Morgan fingerprint density at radius 1 is 1.16 bits per heavy atom. The third-order valence-corrected chi connectivity index (χ3v) is 3.98. The van der Waals surface area contributed by atoms with Crippen LogP contribution in [0.1, 0.15) is 31.9 Å². The topological polar surface area (TPSA) is 75.9 Å². The molecule has 138 valence electrons. The molecule has 2 rings (SSSR count). The summed E-state index contributed by atoms with van der Waals surface area (Å²) in [5, 5.41) is 11.0. The van der Waals surface area contributed by atoms with Gasteiger partial charge in [-0.25, -0.2) is 0 Å². The van der Waals surface area contributed by atoms with Gasteiger partial charge >= 0.3 is 5.97 Å². The first-order chi connectivity index (χ1) is 11.6. The SMILES string of the molecule is Cc1cc(CN2CCN(CC(=O)OC(C)(C)C)CC2)cc([N+](=O)[O-])c1. The molecule has 0 aliphatic carbocycles. The molecule has 25 heavy (non-hydrogen) atoms. The van der Waals surface area contributed by atoms with E-state index in [1.54, 1.807) is 12.1 Å². The minimum absolute atomic E-state index is 0.138. The van der Waals surface area contributed by atoms with Gasteiger partial charge in [0.05, 0.1) is 11.5 Å². The van der Waals surface area contributed by atoms with E-state index in [2.05, 4.69) is 9.80 Å². The number of hydrogen-bond donors (Lipinski definition) is 0. The van der Waals surface area contributed by atoms with Crippen LogP contribution in [0.5, 0.6) is 0 Å². The molecular formula is C18H27N3O4. The third kappa shape index (κ3) is 6.43. The van der Waals surface area contributed by atoms with Gasteiger partial charge in [-0.1, -0.05) is 6.07 Å². The Hall–Kier alpha value is -1.99. The van der Waals surface area contributed by atoms with E-state index in [1.165, 1.54) is 0 Å². The van der Waals surface area contributed by atoms with Gasteiger partial charge in [0, 0.05) is 44.9 Å². The number of non-ortho nitro benzene ring substituents is 1. The number of hydrogen-bond acceptors (Lipinski definition) is 6. The number of rotatable bonds is 5. The van der Waals surface area contributed by atoms with Crippen molar-refractivity contribution in [1.82, 2.24) is 9.80 Å². The number of ether oxygens (including phenoxy) is 1. The molecule has 0 spiro atoms. The van der Waals surface area contributed by atoms with Crippen LogP contribution in [0.3, 0.4) is 0 Å². The second kappa shape index (κ2) is 7.93. The number of piperazine rings is 1. The molecule has 1 aromatic rings. The van der Waals surface area contributed by atoms with Crippen LogP contribution in [0, 0.1) is 17.0 Å². The quantitative estimate of drug-likeness (QED) is 0.461.